The van der Waals surface area contributed by atoms with Crippen molar-refractivity contribution >= 4 is 11.7 Å². The van der Waals surface area contributed by atoms with Gasteiger partial charge in [0.2, 0.25) is 5.91 Å². The van der Waals surface area contributed by atoms with Crippen molar-refractivity contribution in [2.75, 3.05) is 0 Å². The zero-order valence-electron chi connectivity index (χ0n) is 12.5. The fraction of sp³-hybridized carbons (Fsp3) is 0.412. The van der Waals surface area contributed by atoms with Gasteiger partial charge in [-0.1, -0.05) is 13.8 Å². The lowest BCUT2D eigenvalue weighted by atomic mass is 9.70. The summed E-state index contributed by atoms with van der Waals surface area (Å²) in [5, 5.41) is 2.77. The lowest BCUT2D eigenvalue weighted by Gasteiger charge is -2.37. The lowest BCUT2D eigenvalue weighted by Crippen LogP contribution is -2.40. The molecule has 0 radical (unpaired) electrons. The summed E-state index contributed by atoms with van der Waals surface area (Å²) in [4.78, 5) is 24.5. The molecule has 0 aromatic heterocycles. The number of rotatable bonds is 1. The fourth-order valence-electron chi connectivity index (χ4n) is 3.42. The number of ketones is 1. The van der Waals surface area contributed by atoms with Gasteiger partial charge in [0.05, 0.1) is 0 Å². The van der Waals surface area contributed by atoms with E-state index in [9.17, 15) is 18.4 Å². The fourth-order valence-corrected chi connectivity index (χ4v) is 3.42. The summed E-state index contributed by atoms with van der Waals surface area (Å²) >= 11 is 0. The molecular weight excluding hydrogens is 288 g/mol. The minimum absolute atomic E-state index is 0.0356. The second kappa shape index (κ2) is 5.00. The number of hydrogen-bond acceptors (Lipinski definition) is 2. The lowest BCUT2D eigenvalue weighted by molar-refractivity contribution is -0.122. The summed E-state index contributed by atoms with van der Waals surface area (Å²) in [5.41, 5.74) is 1.22. The van der Waals surface area contributed by atoms with Gasteiger partial charge < -0.3 is 5.32 Å². The first-order valence-corrected chi connectivity index (χ1v) is 7.27. The predicted octanol–water partition coefficient (Wildman–Crippen LogP) is 3.21. The molecule has 1 aliphatic heterocycles. The Morgan fingerprint density at radius 3 is 2.36 bits per heavy atom. The Labute approximate surface area is 127 Å². The van der Waals surface area contributed by atoms with E-state index in [1.807, 2.05) is 13.8 Å². The van der Waals surface area contributed by atoms with E-state index in [2.05, 4.69) is 5.32 Å². The van der Waals surface area contributed by atoms with Gasteiger partial charge in [-0.05, 0) is 29.5 Å². The number of carbonyl (C=O) groups is 2. The summed E-state index contributed by atoms with van der Waals surface area (Å²) in [7, 11) is 0. The number of hydrogen-bond donors (Lipinski definition) is 1. The van der Waals surface area contributed by atoms with Crippen LogP contribution in [0.5, 0.6) is 0 Å². The first-order valence-electron chi connectivity index (χ1n) is 7.27. The molecule has 0 fully saturated rings. The third-order valence-corrected chi connectivity index (χ3v) is 4.24. The number of carbonyl (C=O) groups excluding carboxylic acids is 2. The van der Waals surface area contributed by atoms with Crippen LogP contribution in [-0.4, -0.2) is 11.7 Å². The zero-order chi connectivity index (χ0) is 16.1. The maximum Gasteiger partial charge on any atom is 0.225 e. The molecule has 0 saturated carbocycles. The van der Waals surface area contributed by atoms with Gasteiger partial charge in [0.25, 0.3) is 0 Å². The van der Waals surface area contributed by atoms with Crippen LogP contribution < -0.4 is 5.32 Å². The molecule has 1 aromatic rings. The molecule has 1 aliphatic carbocycles. The van der Waals surface area contributed by atoms with Crippen LogP contribution in [0.2, 0.25) is 0 Å². The van der Waals surface area contributed by atoms with Crippen molar-refractivity contribution in [3.8, 4) is 0 Å². The topological polar surface area (TPSA) is 46.2 Å². The summed E-state index contributed by atoms with van der Waals surface area (Å²) < 4.78 is 27.0. The number of allylic oxidation sites excluding steroid dienone is 2. The quantitative estimate of drug-likeness (QED) is 0.866. The number of Topliss-reactive ketones (excluding diaryl/α,β-unsaturated/α-hetero) is 1. The van der Waals surface area contributed by atoms with Crippen LogP contribution in [0, 0.1) is 17.0 Å². The van der Waals surface area contributed by atoms with E-state index in [0.717, 1.165) is 6.07 Å². The van der Waals surface area contributed by atoms with E-state index >= 15 is 0 Å². The molecule has 0 spiro atoms. The van der Waals surface area contributed by atoms with Crippen LogP contribution in [0.4, 0.5) is 8.78 Å². The molecule has 1 aromatic carbocycles. The Kier molecular flexibility index (Phi) is 3.38. The van der Waals surface area contributed by atoms with E-state index in [0.29, 0.717) is 29.7 Å². The van der Waals surface area contributed by atoms with Crippen molar-refractivity contribution in [3.05, 3.63) is 46.7 Å². The Bertz CT molecular complexity index is 686. The molecule has 1 N–H and O–H groups in total. The Morgan fingerprint density at radius 2 is 1.73 bits per heavy atom. The summed E-state index contributed by atoms with van der Waals surface area (Å²) in [6.07, 6.45) is 0.984. The number of halogens is 2. The molecule has 0 saturated heterocycles. The van der Waals surface area contributed by atoms with Crippen molar-refractivity contribution in [2.24, 2.45) is 5.41 Å². The van der Waals surface area contributed by atoms with Gasteiger partial charge in [0, 0.05) is 36.1 Å². The van der Waals surface area contributed by atoms with Crippen molar-refractivity contribution in [3.63, 3.8) is 0 Å². The first-order chi connectivity index (χ1) is 10.2. The average Bonchev–Trinajstić information content (AvgIpc) is 2.34. The molecular formula is C17H17F2NO2. The van der Waals surface area contributed by atoms with Gasteiger partial charge in [-0.25, -0.2) is 8.78 Å². The Balaban J connectivity index is 2.10. The van der Waals surface area contributed by atoms with E-state index in [1.54, 1.807) is 0 Å². The monoisotopic (exact) mass is 305 g/mol. The van der Waals surface area contributed by atoms with Crippen LogP contribution in [0.3, 0.4) is 0 Å². The van der Waals surface area contributed by atoms with E-state index in [4.69, 9.17) is 0 Å². The van der Waals surface area contributed by atoms with Gasteiger partial charge in [0.15, 0.2) is 5.78 Å². The molecule has 1 atom stereocenters. The molecule has 22 heavy (non-hydrogen) atoms. The molecule has 1 heterocycles. The largest absolute Gasteiger partial charge is 0.329 e. The second-order valence-corrected chi connectivity index (χ2v) is 6.84. The highest BCUT2D eigenvalue weighted by Gasteiger charge is 2.40. The van der Waals surface area contributed by atoms with Crippen molar-refractivity contribution < 1.29 is 18.4 Å². The highest BCUT2D eigenvalue weighted by Crippen LogP contribution is 2.44. The van der Waals surface area contributed by atoms with Crippen molar-refractivity contribution in [1.29, 1.82) is 0 Å². The highest BCUT2D eigenvalue weighted by molar-refractivity contribution is 6.02. The van der Waals surface area contributed by atoms with Gasteiger partial charge >= 0.3 is 0 Å². The van der Waals surface area contributed by atoms with Gasteiger partial charge in [-0.3, -0.25) is 9.59 Å². The number of nitrogens with one attached hydrogen (secondary N) is 1. The smallest absolute Gasteiger partial charge is 0.225 e. The molecule has 0 unspecified atom stereocenters. The highest BCUT2D eigenvalue weighted by atomic mass is 19.1. The van der Waals surface area contributed by atoms with Crippen LogP contribution in [0.15, 0.2) is 29.5 Å². The molecule has 3 rings (SSSR count). The van der Waals surface area contributed by atoms with Crippen LogP contribution in [0.1, 0.15) is 44.6 Å². The molecule has 2 aliphatic rings. The average molecular weight is 305 g/mol. The van der Waals surface area contributed by atoms with E-state index < -0.39 is 17.6 Å². The van der Waals surface area contributed by atoms with Crippen molar-refractivity contribution in [1.82, 2.24) is 5.32 Å². The van der Waals surface area contributed by atoms with Gasteiger partial charge in [-0.2, -0.15) is 0 Å². The van der Waals surface area contributed by atoms with Crippen LogP contribution in [0.25, 0.3) is 0 Å². The molecule has 0 bridgehead atoms. The minimum atomic E-state index is -0.702. The second-order valence-electron chi connectivity index (χ2n) is 6.84. The number of amides is 1. The van der Waals surface area contributed by atoms with Crippen LogP contribution in [-0.2, 0) is 9.59 Å². The molecule has 3 nitrogen and oxygen atoms in total. The maximum atomic E-state index is 13.5. The third-order valence-electron chi connectivity index (χ3n) is 4.24. The Morgan fingerprint density at radius 1 is 1.09 bits per heavy atom. The molecule has 1 amide bonds. The maximum absolute atomic E-state index is 13.5. The van der Waals surface area contributed by atoms with Crippen molar-refractivity contribution in [2.45, 2.75) is 39.0 Å². The standard InChI is InChI=1S/C17H17F2NO2/c1-17(2)7-13-16(14(21)8-17)12(6-15(22)20-13)9-3-10(18)5-11(19)4-9/h3-5,12H,6-8H2,1-2H3,(H,20,22)/t12-/m0/s1. The van der Waals surface area contributed by atoms with Crippen LogP contribution >= 0.6 is 0 Å². The normalized spacial score (nSPS) is 24.1. The molecule has 116 valence electrons. The zero-order valence-corrected chi connectivity index (χ0v) is 12.5. The summed E-state index contributed by atoms with van der Waals surface area (Å²) in [6.45, 7) is 3.93. The predicted molar refractivity (Wildman–Crippen MR) is 76.9 cm³/mol. The summed E-state index contributed by atoms with van der Waals surface area (Å²) in [6, 6.07) is 3.18. The number of benzene rings is 1. The SMILES string of the molecule is CC1(C)CC(=O)C2=C(C1)NC(=O)C[C@H]2c1cc(F)cc(F)c1. The van der Waals surface area contributed by atoms with E-state index in [-0.39, 0.29) is 23.5 Å². The van der Waals surface area contributed by atoms with Gasteiger partial charge in [0.1, 0.15) is 11.6 Å². The molecule has 5 heteroatoms. The Hall–Kier alpha value is -2.04. The third kappa shape index (κ3) is 2.67. The van der Waals surface area contributed by atoms with Gasteiger partial charge in [-0.15, -0.1) is 0 Å². The minimum Gasteiger partial charge on any atom is -0.329 e. The summed E-state index contributed by atoms with van der Waals surface area (Å²) in [5.74, 6) is -2.25. The van der Waals surface area contributed by atoms with E-state index in [1.165, 1.54) is 12.1 Å². The first kappa shape index (κ1) is 14.9.